The third kappa shape index (κ3) is 5.12. The highest BCUT2D eigenvalue weighted by Crippen LogP contribution is 2.33. The predicted octanol–water partition coefficient (Wildman–Crippen LogP) is 4.19. The van der Waals surface area contributed by atoms with E-state index >= 15 is 0 Å². The molecule has 3 aliphatic heterocycles. The van der Waals surface area contributed by atoms with E-state index in [1.165, 1.54) is 0 Å². The zero-order chi connectivity index (χ0) is 23.3. The molecule has 2 amide bonds. The van der Waals surface area contributed by atoms with Crippen LogP contribution in [0.15, 0.2) is 86.8 Å². The van der Waals surface area contributed by atoms with Crippen LogP contribution in [-0.2, 0) is 13.1 Å². The maximum Gasteiger partial charge on any atom is 0.317 e. The number of dihydropyridines is 1. The number of nitrogens with one attached hydrogen (secondary N) is 2. The van der Waals surface area contributed by atoms with Crippen LogP contribution in [0.25, 0.3) is 0 Å². The fraction of sp³-hybridized carbons (Fsp3) is 0.308. The Labute approximate surface area is 207 Å². The molecule has 3 aliphatic rings. The van der Waals surface area contributed by atoms with Crippen LogP contribution in [-0.4, -0.2) is 47.0 Å². The number of carbonyl (C=O) groups is 1. The molecule has 34 heavy (non-hydrogen) atoms. The fourth-order valence-electron chi connectivity index (χ4n) is 4.51. The van der Waals surface area contributed by atoms with Crippen LogP contribution in [0.5, 0.6) is 0 Å². The van der Waals surface area contributed by atoms with Crippen molar-refractivity contribution in [1.29, 1.82) is 0 Å². The van der Waals surface area contributed by atoms with Gasteiger partial charge in [-0.3, -0.25) is 15.0 Å². The lowest BCUT2D eigenvalue weighted by Crippen LogP contribution is -2.47. The molecular weight excluding hydrogens is 492 g/mol. The molecule has 1 aromatic heterocycles. The van der Waals surface area contributed by atoms with E-state index in [2.05, 4.69) is 48.7 Å². The molecule has 1 fully saturated rings. The Bertz CT molecular complexity index is 1160. The Morgan fingerprint density at radius 3 is 2.79 bits per heavy atom. The van der Waals surface area contributed by atoms with Gasteiger partial charge in [0.15, 0.2) is 0 Å². The van der Waals surface area contributed by atoms with Gasteiger partial charge in [-0.1, -0.05) is 36.4 Å². The largest absolute Gasteiger partial charge is 0.382 e. The number of nitrogens with zero attached hydrogens (tertiary/aromatic N) is 4. The van der Waals surface area contributed by atoms with E-state index < -0.39 is 0 Å². The molecule has 7 nitrogen and oxygen atoms in total. The third-order valence-electron chi connectivity index (χ3n) is 6.32. The van der Waals surface area contributed by atoms with Gasteiger partial charge in [0.1, 0.15) is 6.04 Å². The molecule has 0 saturated carbocycles. The van der Waals surface area contributed by atoms with Gasteiger partial charge < -0.3 is 15.5 Å². The lowest BCUT2D eigenvalue weighted by atomic mass is 9.90. The number of likely N-dealkylation sites (tertiary alicyclic amines) is 1. The van der Waals surface area contributed by atoms with E-state index in [9.17, 15) is 4.79 Å². The van der Waals surface area contributed by atoms with Crippen molar-refractivity contribution in [3.63, 3.8) is 0 Å². The molecule has 2 N–H and O–H groups in total. The van der Waals surface area contributed by atoms with Crippen molar-refractivity contribution < 1.29 is 4.79 Å². The summed E-state index contributed by atoms with van der Waals surface area (Å²) in [5.41, 5.74) is 5.16. The maximum atomic E-state index is 12.9. The van der Waals surface area contributed by atoms with Gasteiger partial charge in [-0.05, 0) is 52.0 Å². The molecule has 0 bridgehead atoms. The number of allylic oxidation sites excluding steroid dienone is 2. The number of piperidine rings is 1. The Hall–Kier alpha value is -3.26. The second-order valence-electron chi connectivity index (χ2n) is 8.69. The average molecular weight is 519 g/mol. The number of aromatic nitrogens is 1. The minimum absolute atomic E-state index is 0.0219. The minimum Gasteiger partial charge on any atom is -0.382 e. The second kappa shape index (κ2) is 10.3. The SMILES string of the molecule is O=C(NCc1ccccc1)N1CCCC(C2=NC3=C(Br)C=NC3C(NCc3cccnc3)=C2)C1. The van der Waals surface area contributed by atoms with Crippen molar-refractivity contribution in [3.05, 3.63) is 87.9 Å². The zero-order valence-corrected chi connectivity index (χ0v) is 20.4. The van der Waals surface area contributed by atoms with Crippen LogP contribution >= 0.6 is 15.9 Å². The highest BCUT2D eigenvalue weighted by molar-refractivity contribution is 9.12. The molecule has 4 heterocycles. The number of rotatable bonds is 6. The standard InChI is InChI=1S/C26H27BrN6O/c27-21-16-30-25-23(29-15-19-8-4-10-28-13-19)12-22(32-24(21)25)20-9-5-11-33(17-20)26(34)31-14-18-6-2-1-3-7-18/h1-4,6-8,10,12-13,16,20,25,29H,5,9,11,14-15,17H2,(H,31,34). The Balaban J connectivity index is 1.28. The molecule has 0 radical (unpaired) electrons. The number of halogens is 1. The van der Waals surface area contributed by atoms with E-state index in [0.717, 1.165) is 52.1 Å². The number of carbonyl (C=O) groups excluding carboxylic acids is 1. The quantitative estimate of drug-likeness (QED) is 0.601. The number of fused-ring (bicyclic) bond motifs is 1. The summed E-state index contributed by atoms with van der Waals surface area (Å²) >= 11 is 3.62. The molecule has 0 aliphatic carbocycles. The topological polar surface area (TPSA) is 82.0 Å². The molecule has 174 valence electrons. The van der Waals surface area contributed by atoms with Gasteiger partial charge in [-0.15, -0.1) is 0 Å². The number of amides is 2. The van der Waals surface area contributed by atoms with Crippen molar-refractivity contribution in [3.8, 4) is 0 Å². The summed E-state index contributed by atoms with van der Waals surface area (Å²) in [6.07, 6.45) is 9.56. The number of urea groups is 1. The van der Waals surface area contributed by atoms with Crippen LogP contribution in [0, 0.1) is 5.92 Å². The van der Waals surface area contributed by atoms with E-state index in [4.69, 9.17) is 4.99 Å². The molecule has 2 aromatic rings. The van der Waals surface area contributed by atoms with E-state index in [1.807, 2.05) is 53.7 Å². The molecular formula is C26H27BrN6O. The summed E-state index contributed by atoms with van der Waals surface area (Å²) in [5.74, 6) is 0.181. The van der Waals surface area contributed by atoms with Crippen LogP contribution < -0.4 is 10.6 Å². The van der Waals surface area contributed by atoms with Gasteiger partial charge in [0.2, 0.25) is 0 Å². The summed E-state index contributed by atoms with van der Waals surface area (Å²) in [5, 5.41) is 6.61. The predicted molar refractivity (Wildman–Crippen MR) is 138 cm³/mol. The number of benzene rings is 1. The summed E-state index contributed by atoms with van der Waals surface area (Å²) in [6, 6.07) is 13.8. The molecule has 2 atom stereocenters. The van der Waals surface area contributed by atoms with Crippen molar-refractivity contribution in [2.75, 3.05) is 13.1 Å². The molecule has 2 unspecified atom stereocenters. The summed E-state index contributed by atoms with van der Waals surface area (Å²) in [7, 11) is 0. The minimum atomic E-state index is -0.122. The Morgan fingerprint density at radius 1 is 1.12 bits per heavy atom. The van der Waals surface area contributed by atoms with E-state index in [-0.39, 0.29) is 18.0 Å². The van der Waals surface area contributed by atoms with Crippen molar-refractivity contribution >= 4 is 33.9 Å². The fourth-order valence-corrected chi connectivity index (χ4v) is 4.93. The first-order valence-electron chi connectivity index (χ1n) is 11.6. The molecule has 1 saturated heterocycles. The number of hydrogen-bond donors (Lipinski definition) is 2. The van der Waals surface area contributed by atoms with E-state index in [0.29, 0.717) is 19.6 Å². The van der Waals surface area contributed by atoms with Gasteiger partial charge in [0, 0.05) is 62.1 Å². The van der Waals surface area contributed by atoms with Crippen molar-refractivity contribution in [2.45, 2.75) is 32.0 Å². The van der Waals surface area contributed by atoms with Crippen LogP contribution in [0.4, 0.5) is 4.79 Å². The first-order valence-corrected chi connectivity index (χ1v) is 12.4. The van der Waals surface area contributed by atoms with Crippen LogP contribution in [0.2, 0.25) is 0 Å². The molecule has 0 spiro atoms. The van der Waals surface area contributed by atoms with Gasteiger partial charge in [-0.2, -0.15) is 0 Å². The van der Waals surface area contributed by atoms with Crippen molar-refractivity contribution in [1.82, 2.24) is 20.5 Å². The monoisotopic (exact) mass is 518 g/mol. The summed E-state index contributed by atoms with van der Waals surface area (Å²) < 4.78 is 0.914. The number of aliphatic imine (C=N–C) groups is 2. The Morgan fingerprint density at radius 2 is 1.97 bits per heavy atom. The Kier molecular flexibility index (Phi) is 6.85. The third-order valence-corrected chi connectivity index (χ3v) is 6.93. The molecule has 1 aromatic carbocycles. The van der Waals surface area contributed by atoms with Gasteiger partial charge in [0.25, 0.3) is 0 Å². The lowest BCUT2D eigenvalue weighted by Gasteiger charge is -2.34. The highest BCUT2D eigenvalue weighted by Gasteiger charge is 2.33. The zero-order valence-electron chi connectivity index (χ0n) is 18.8. The summed E-state index contributed by atoms with van der Waals surface area (Å²) in [4.78, 5) is 28.6. The maximum absolute atomic E-state index is 12.9. The average Bonchev–Trinajstić information content (AvgIpc) is 3.28. The normalized spacial score (nSPS) is 21.6. The summed E-state index contributed by atoms with van der Waals surface area (Å²) in [6.45, 7) is 2.62. The highest BCUT2D eigenvalue weighted by atomic mass is 79.9. The first-order chi connectivity index (χ1) is 16.7. The van der Waals surface area contributed by atoms with Gasteiger partial charge >= 0.3 is 6.03 Å². The second-order valence-corrected chi connectivity index (χ2v) is 9.55. The van der Waals surface area contributed by atoms with Crippen LogP contribution in [0.1, 0.15) is 24.0 Å². The van der Waals surface area contributed by atoms with Crippen molar-refractivity contribution in [2.24, 2.45) is 15.9 Å². The van der Waals surface area contributed by atoms with Crippen LogP contribution in [0.3, 0.4) is 0 Å². The van der Waals surface area contributed by atoms with Gasteiger partial charge in [-0.25, -0.2) is 4.79 Å². The first kappa shape index (κ1) is 22.5. The number of hydrogen-bond acceptors (Lipinski definition) is 5. The smallest absolute Gasteiger partial charge is 0.317 e. The molecule has 5 rings (SSSR count). The van der Waals surface area contributed by atoms with Gasteiger partial charge in [0.05, 0.1) is 10.2 Å². The number of pyridine rings is 1. The van der Waals surface area contributed by atoms with E-state index in [1.54, 1.807) is 6.20 Å². The lowest BCUT2D eigenvalue weighted by molar-refractivity contribution is 0.178. The molecule has 8 heteroatoms.